The summed E-state index contributed by atoms with van der Waals surface area (Å²) in [6.45, 7) is 0.646. The van der Waals surface area contributed by atoms with Crippen LogP contribution in [0.25, 0.3) is 0 Å². The minimum absolute atomic E-state index is 0.244. The van der Waals surface area contributed by atoms with Crippen molar-refractivity contribution >= 4 is 5.78 Å². The molecule has 0 saturated carbocycles. The van der Waals surface area contributed by atoms with Gasteiger partial charge in [-0.2, -0.15) is 0 Å². The molecule has 72 valence electrons. The molecule has 2 atom stereocenters. The Morgan fingerprint density at radius 3 is 2.42 bits per heavy atom. The second kappa shape index (κ2) is 6.07. The van der Waals surface area contributed by atoms with Crippen molar-refractivity contribution in [1.82, 2.24) is 0 Å². The largest absolute Gasteiger partial charge is 0.394 e. The lowest BCUT2D eigenvalue weighted by molar-refractivity contribution is -0.142. The third-order valence-corrected chi connectivity index (χ3v) is 1.36. The van der Waals surface area contributed by atoms with E-state index in [1.54, 1.807) is 6.92 Å². The van der Waals surface area contributed by atoms with Crippen LogP contribution in [0.1, 0.15) is 6.92 Å². The molecule has 0 aromatic rings. The lowest BCUT2D eigenvalue weighted by Gasteiger charge is -2.18. The number of carbonyl (C=O) groups excluding carboxylic acids is 1. The fourth-order valence-corrected chi connectivity index (χ4v) is 0.784. The van der Waals surface area contributed by atoms with Crippen LogP contribution in [0.3, 0.4) is 0 Å². The summed E-state index contributed by atoms with van der Waals surface area (Å²) < 4.78 is 4.83. The first-order valence-electron chi connectivity index (χ1n) is 3.71. The molecule has 0 aliphatic rings. The maximum absolute atomic E-state index is 10.9. The van der Waals surface area contributed by atoms with Crippen LogP contribution in [0.15, 0.2) is 0 Å². The number of aliphatic hydroxyl groups is 3. The van der Waals surface area contributed by atoms with Gasteiger partial charge in [0.15, 0.2) is 5.78 Å². The molecule has 0 aromatic carbocycles. The zero-order valence-corrected chi connectivity index (χ0v) is 6.93. The fourth-order valence-electron chi connectivity index (χ4n) is 0.784. The Morgan fingerprint density at radius 2 is 2.08 bits per heavy atom. The number of aliphatic hydroxyl groups excluding tert-OH is 3. The summed E-state index contributed by atoms with van der Waals surface area (Å²) in [7, 11) is 0. The van der Waals surface area contributed by atoms with Gasteiger partial charge in [0.25, 0.3) is 0 Å². The molecular formula is C7H14O5. The molecule has 3 N–H and O–H groups in total. The lowest BCUT2D eigenvalue weighted by atomic mass is 10.1. The Hall–Kier alpha value is -0.490. The van der Waals surface area contributed by atoms with Gasteiger partial charge in [-0.25, -0.2) is 0 Å². The molecule has 0 bridgehead atoms. The summed E-state index contributed by atoms with van der Waals surface area (Å²) in [6, 6.07) is 0. The highest BCUT2D eigenvalue weighted by Gasteiger charge is 2.25. The number of hydrogen-bond donors (Lipinski definition) is 3. The molecule has 0 rings (SSSR count). The SMILES string of the molecule is CCO[C@H](C(=O)CO)[C@H](O)CO. The van der Waals surface area contributed by atoms with E-state index in [4.69, 9.17) is 20.1 Å². The zero-order valence-electron chi connectivity index (χ0n) is 6.93. The normalized spacial score (nSPS) is 15.7. The van der Waals surface area contributed by atoms with E-state index in [1.807, 2.05) is 0 Å². The van der Waals surface area contributed by atoms with Crippen LogP contribution < -0.4 is 0 Å². The number of hydrogen-bond acceptors (Lipinski definition) is 5. The number of carbonyl (C=O) groups is 1. The van der Waals surface area contributed by atoms with Crippen LogP contribution in [0.4, 0.5) is 0 Å². The van der Waals surface area contributed by atoms with Crippen molar-refractivity contribution < 1.29 is 24.9 Å². The zero-order chi connectivity index (χ0) is 9.56. The quantitative estimate of drug-likeness (QED) is 0.451. The van der Waals surface area contributed by atoms with Gasteiger partial charge in [-0.3, -0.25) is 4.79 Å². The van der Waals surface area contributed by atoms with Crippen molar-refractivity contribution in [3.63, 3.8) is 0 Å². The molecule has 0 amide bonds. The van der Waals surface area contributed by atoms with Gasteiger partial charge < -0.3 is 20.1 Å². The van der Waals surface area contributed by atoms with E-state index in [0.29, 0.717) is 0 Å². The maximum Gasteiger partial charge on any atom is 0.189 e. The molecule has 0 heterocycles. The number of ether oxygens (including phenoxy) is 1. The van der Waals surface area contributed by atoms with Crippen LogP contribution in [0.5, 0.6) is 0 Å². The van der Waals surface area contributed by atoms with Crippen molar-refractivity contribution in [2.75, 3.05) is 19.8 Å². The summed E-state index contributed by atoms with van der Waals surface area (Å²) >= 11 is 0. The van der Waals surface area contributed by atoms with Gasteiger partial charge in [0.2, 0.25) is 0 Å². The maximum atomic E-state index is 10.9. The minimum Gasteiger partial charge on any atom is -0.394 e. The molecule has 0 unspecified atom stereocenters. The van der Waals surface area contributed by atoms with E-state index < -0.39 is 31.2 Å². The molecule has 0 aliphatic carbocycles. The van der Waals surface area contributed by atoms with Crippen LogP contribution in [-0.4, -0.2) is 53.1 Å². The molecule has 0 fully saturated rings. The topological polar surface area (TPSA) is 87.0 Å². The average Bonchev–Trinajstić information content (AvgIpc) is 2.11. The Labute approximate surface area is 70.6 Å². The fraction of sp³-hybridized carbons (Fsp3) is 0.857. The number of Topliss-reactive ketones (excluding diaryl/α,β-unsaturated/α-hetero) is 1. The van der Waals surface area contributed by atoms with Crippen molar-refractivity contribution in [2.45, 2.75) is 19.1 Å². The number of ketones is 1. The Bertz CT molecular complexity index is 136. The lowest BCUT2D eigenvalue weighted by Crippen LogP contribution is -2.40. The predicted octanol–water partition coefficient (Wildman–Crippen LogP) is -1.69. The highest BCUT2D eigenvalue weighted by Crippen LogP contribution is 2.00. The monoisotopic (exact) mass is 178 g/mol. The van der Waals surface area contributed by atoms with Crippen molar-refractivity contribution in [2.24, 2.45) is 0 Å². The van der Waals surface area contributed by atoms with Gasteiger partial charge in [-0.15, -0.1) is 0 Å². The smallest absolute Gasteiger partial charge is 0.189 e. The van der Waals surface area contributed by atoms with E-state index in [0.717, 1.165) is 0 Å². The van der Waals surface area contributed by atoms with E-state index >= 15 is 0 Å². The highest BCUT2D eigenvalue weighted by atomic mass is 16.5. The molecule has 0 saturated heterocycles. The summed E-state index contributed by atoms with van der Waals surface area (Å²) in [5.74, 6) is -0.626. The van der Waals surface area contributed by atoms with Gasteiger partial charge in [-0.05, 0) is 6.92 Å². The van der Waals surface area contributed by atoms with E-state index in [9.17, 15) is 4.79 Å². The summed E-state index contributed by atoms with van der Waals surface area (Å²) in [6.07, 6.45) is -2.38. The summed E-state index contributed by atoms with van der Waals surface area (Å²) in [4.78, 5) is 10.9. The summed E-state index contributed by atoms with van der Waals surface area (Å²) in [5, 5.41) is 26.0. The molecule has 5 heteroatoms. The molecule has 0 radical (unpaired) electrons. The van der Waals surface area contributed by atoms with Crippen LogP contribution >= 0.6 is 0 Å². The Kier molecular flexibility index (Phi) is 5.83. The first kappa shape index (κ1) is 11.5. The first-order valence-corrected chi connectivity index (χ1v) is 3.71. The minimum atomic E-state index is -1.26. The van der Waals surface area contributed by atoms with E-state index in [1.165, 1.54) is 0 Å². The Balaban J connectivity index is 4.11. The highest BCUT2D eigenvalue weighted by molar-refractivity contribution is 5.84. The third kappa shape index (κ3) is 3.27. The van der Waals surface area contributed by atoms with Crippen LogP contribution in [0.2, 0.25) is 0 Å². The van der Waals surface area contributed by atoms with Gasteiger partial charge >= 0.3 is 0 Å². The van der Waals surface area contributed by atoms with E-state index in [2.05, 4.69) is 0 Å². The van der Waals surface area contributed by atoms with Gasteiger partial charge in [0.1, 0.15) is 18.8 Å². The number of rotatable bonds is 6. The molecule has 0 aromatic heterocycles. The van der Waals surface area contributed by atoms with Gasteiger partial charge in [0, 0.05) is 6.61 Å². The average molecular weight is 178 g/mol. The summed E-state index contributed by atoms with van der Waals surface area (Å²) in [5.41, 5.74) is 0. The molecule has 12 heavy (non-hydrogen) atoms. The predicted molar refractivity (Wildman–Crippen MR) is 40.6 cm³/mol. The van der Waals surface area contributed by atoms with Gasteiger partial charge in [0.05, 0.1) is 6.61 Å². The molecular weight excluding hydrogens is 164 g/mol. The first-order chi connectivity index (χ1) is 5.67. The van der Waals surface area contributed by atoms with Crippen molar-refractivity contribution in [3.8, 4) is 0 Å². The van der Waals surface area contributed by atoms with Crippen molar-refractivity contribution in [3.05, 3.63) is 0 Å². The molecule has 0 spiro atoms. The Morgan fingerprint density at radius 1 is 1.50 bits per heavy atom. The standard InChI is InChI=1S/C7H14O5/c1-2-12-7(5(10)3-8)6(11)4-9/h5,7-10H,2-4H2,1H3/t5-,7+/m1/s1. The van der Waals surface area contributed by atoms with Crippen molar-refractivity contribution in [1.29, 1.82) is 0 Å². The third-order valence-electron chi connectivity index (χ3n) is 1.36. The van der Waals surface area contributed by atoms with Gasteiger partial charge in [-0.1, -0.05) is 0 Å². The van der Waals surface area contributed by atoms with Crippen LogP contribution in [0, 0.1) is 0 Å². The second-order valence-corrected chi connectivity index (χ2v) is 2.25. The second-order valence-electron chi connectivity index (χ2n) is 2.25. The molecule has 0 aliphatic heterocycles. The van der Waals surface area contributed by atoms with Crippen LogP contribution in [-0.2, 0) is 9.53 Å². The molecule has 5 nitrogen and oxygen atoms in total. The van der Waals surface area contributed by atoms with E-state index in [-0.39, 0.29) is 6.61 Å².